The van der Waals surface area contributed by atoms with Crippen LogP contribution in [-0.2, 0) is 38.0 Å². The lowest BCUT2D eigenvalue weighted by Crippen LogP contribution is -2.65. The van der Waals surface area contributed by atoms with Gasteiger partial charge in [-0.25, -0.2) is 0 Å². The van der Waals surface area contributed by atoms with Gasteiger partial charge in [-0.1, -0.05) is 6.92 Å². The number of hydrogen-bond acceptors (Lipinski definition) is 18. The van der Waals surface area contributed by atoms with Gasteiger partial charge in [0.1, 0.15) is 84.8 Å². The molecule has 0 aromatic carbocycles. The van der Waals surface area contributed by atoms with Crippen LogP contribution in [0.2, 0.25) is 0 Å². The van der Waals surface area contributed by atoms with Gasteiger partial charge in [-0.2, -0.15) is 0 Å². The number of ether oxygens (including phenoxy) is 6. The summed E-state index contributed by atoms with van der Waals surface area (Å²) in [5, 5.41) is 102. The summed E-state index contributed by atoms with van der Waals surface area (Å²) in [6, 6.07) is 0. The van der Waals surface area contributed by atoms with E-state index in [-0.39, 0.29) is 37.4 Å². The number of aliphatic hydroxyl groups is 10. The van der Waals surface area contributed by atoms with Crippen LogP contribution in [0, 0.1) is 0 Å². The molecule has 0 saturated carbocycles. The second-order valence-corrected chi connectivity index (χ2v) is 12.0. The number of carbonyl (C=O) groups is 2. The zero-order valence-corrected chi connectivity index (χ0v) is 26.2. The molecule has 10 N–H and O–H groups in total. The Kier molecular flexibility index (Phi) is 16.4. The average molecular weight is 687 g/mol. The Morgan fingerprint density at radius 3 is 1.62 bits per heavy atom. The molecule has 3 aliphatic rings. The zero-order chi connectivity index (χ0) is 34.8. The molecule has 274 valence electrons. The third-order valence-electron chi connectivity index (χ3n) is 8.49. The van der Waals surface area contributed by atoms with Crippen molar-refractivity contribution in [2.24, 2.45) is 0 Å². The molecule has 3 fully saturated rings. The molecule has 0 radical (unpaired) electrons. The Morgan fingerprint density at radius 2 is 1.04 bits per heavy atom. The van der Waals surface area contributed by atoms with Crippen LogP contribution in [0.5, 0.6) is 0 Å². The van der Waals surface area contributed by atoms with Gasteiger partial charge >= 0.3 is 0 Å². The number of ketones is 2. The Balaban J connectivity index is 1.65. The van der Waals surface area contributed by atoms with Gasteiger partial charge in [-0.05, 0) is 19.3 Å². The van der Waals surface area contributed by atoms with E-state index in [1.165, 1.54) is 0 Å². The minimum Gasteiger partial charge on any atom is -0.394 e. The molecule has 18 heteroatoms. The van der Waals surface area contributed by atoms with E-state index in [4.69, 9.17) is 28.4 Å². The first kappa shape index (κ1) is 40.1. The maximum atomic E-state index is 12.3. The molecule has 3 heterocycles. The molecule has 0 bridgehead atoms. The lowest BCUT2D eigenvalue weighted by atomic mass is 9.96. The largest absolute Gasteiger partial charge is 0.394 e. The van der Waals surface area contributed by atoms with E-state index in [0.29, 0.717) is 25.7 Å². The van der Waals surface area contributed by atoms with Crippen LogP contribution in [0.4, 0.5) is 0 Å². The fourth-order valence-corrected chi connectivity index (χ4v) is 5.48. The molecule has 15 atom stereocenters. The number of carbonyl (C=O) groups excluding carboxylic acids is 2. The lowest BCUT2D eigenvalue weighted by molar-refractivity contribution is -0.366. The summed E-state index contributed by atoms with van der Waals surface area (Å²) in [5.41, 5.74) is 0. The standard InChI is InChI=1S/C29H50O18/c1-2-13(32)6-3-4-7-14(33)8-5-9-42-28-25(41)26(47-29-24(40)22(38)19(35)16(11-31)45-29)20(36)17(46-28)12-43-27-23(39)21(37)18(34)15(10-30)44-27/h15-31,34-41H,2-12H2,1H3/t15-,16-,17-,18-,19-,20-,21+,22+,23+,24+,25+,26+,27+,28+,29-/m1/s1. The molecule has 3 aliphatic heterocycles. The minimum absolute atomic E-state index is 0.0484. The van der Waals surface area contributed by atoms with Crippen LogP contribution in [0.25, 0.3) is 0 Å². The quantitative estimate of drug-likeness (QED) is 0.0606. The van der Waals surface area contributed by atoms with E-state index in [0.717, 1.165) is 0 Å². The number of hydrogen-bond donors (Lipinski definition) is 10. The number of rotatable bonds is 18. The van der Waals surface area contributed by atoms with E-state index in [1.807, 2.05) is 0 Å². The monoisotopic (exact) mass is 686 g/mol. The predicted octanol–water partition coefficient (Wildman–Crippen LogP) is -4.66. The highest BCUT2D eigenvalue weighted by Gasteiger charge is 2.52. The summed E-state index contributed by atoms with van der Waals surface area (Å²) in [6.07, 6.45) is -21.9. The van der Waals surface area contributed by atoms with Crippen molar-refractivity contribution in [1.29, 1.82) is 0 Å². The highest BCUT2D eigenvalue weighted by atomic mass is 16.7. The number of aliphatic hydroxyl groups excluding tert-OH is 10. The molecule has 0 amide bonds. The molecule has 0 aromatic rings. The summed E-state index contributed by atoms with van der Waals surface area (Å²) in [6.45, 7) is -0.388. The molecule has 3 saturated heterocycles. The zero-order valence-electron chi connectivity index (χ0n) is 26.2. The Bertz CT molecular complexity index is 952. The maximum absolute atomic E-state index is 12.3. The van der Waals surface area contributed by atoms with Crippen LogP contribution in [0.3, 0.4) is 0 Å². The van der Waals surface area contributed by atoms with E-state index in [2.05, 4.69) is 0 Å². The van der Waals surface area contributed by atoms with E-state index < -0.39 is 112 Å². The molecule has 47 heavy (non-hydrogen) atoms. The minimum atomic E-state index is -1.87. The third kappa shape index (κ3) is 10.6. The molecule has 0 aromatic heterocycles. The van der Waals surface area contributed by atoms with Crippen molar-refractivity contribution in [3.8, 4) is 0 Å². The summed E-state index contributed by atoms with van der Waals surface area (Å²) < 4.78 is 33.2. The number of Topliss-reactive ketones (excluding diaryl/α,β-unsaturated/α-hetero) is 2. The molecular formula is C29H50O18. The fourth-order valence-electron chi connectivity index (χ4n) is 5.48. The first-order valence-corrected chi connectivity index (χ1v) is 15.9. The summed E-state index contributed by atoms with van der Waals surface area (Å²) in [7, 11) is 0. The summed E-state index contributed by atoms with van der Waals surface area (Å²) in [5.74, 6) is 0.0837. The molecule has 0 unspecified atom stereocenters. The van der Waals surface area contributed by atoms with Crippen LogP contribution in [-0.4, -0.2) is 181 Å². The topological polar surface area (TPSA) is 292 Å². The normalized spacial score (nSPS) is 41.1. The van der Waals surface area contributed by atoms with Crippen LogP contribution in [0.1, 0.15) is 51.9 Å². The first-order valence-electron chi connectivity index (χ1n) is 15.9. The van der Waals surface area contributed by atoms with Crippen LogP contribution >= 0.6 is 0 Å². The molecule has 0 aliphatic carbocycles. The summed E-state index contributed by atoms with van der Waals surface area (Å²) >= 11 is 0. The maximum Gasteiger partial charge on any atom is 0.187 e. The van der Waals surface area contributed by atoms with Crippen molar-refractivity contribution in [2.45, 2.75) is 144 Å². The second-order valence-electron chi connectivity index (χ2n) is 12.0. The smallest absolute Gasteiger partial charge is 0.187 e. The van der Waals surface area contributed by atoms with Gasteiger partial charge in [0.25, 0.3) is 0 Å². The third-order valence-corrected chi connectivity index (χ3v) is 8.49. The Labute approximate surface area is 271 Å². The highest BCUT2D eigenvalue weighted by molar-refractivity contribution is 5.79. The van der Waals surface area contributed by atoms with Crippen molar-refractivity contribution in [3.05, 3.63) is 0 Å². The van der Waals surface area contributed by atoms with E-state index in [9.17, 15) is 60.7 Å². The van der Waals surface area contributed by atoms with Gasteiger partial charge in [-0.15, -0.1) is 0 Å². The highest BCUT2D eigenvalue weighted by Crippen LogP contribution is 2.31. The first-order chi connectivity index (χ1) is 22.3. The van der Waals surface area contributed by atoms with Crippen molar-refractivity contribution < 1.29 is 89.1 Å². The van der Waals surface area contributed by atoms with Gasteiger partial charge in [0.15, 0.2) is 18.9 Å². The molecular weight excluding hydrogens is 636 g/mol. The second kappa shape index (κ2) is 19.2. The van der Waals surface area contributed by atoms with Gasteiger partial charge in [0.05, 0.1) is 26.4 Å². The SMILES string of the molecule is CCC(=O)CCCCC(=O)CCCO[C@H]1O[C@H](CO[C@H]2O[C@H](CO)[C@@H](O)[C@H](O)[C@@H]2O)[C@@H](O)[C@H](O[C@H]2O[C@H](CO)[C@@H](O)[C@H](O)[C@@H]2O)[C@@H]1O. The lowest BCUT2D eigenvalue weighted by Gasteiger charge is -2.46. The Morgan fingerprint density at radius 1 is 0.553 bits per heavy atom. The van der Waals surface area contributed by atoms with Gasteiger partial charge in [-0.3, -0.25) is 9.59 Å². The predicted molar refractivity (Wildman–Crippen MR) is 153 cm³/mol. The van der Waals surface area contributed by atoms with Gasteiger partial charge in [0.2, 0.25) is 0 Å². The van der Waals surface area contributed by atoms with Gasteiger partial charge < -0.3 is 79.5 Å². The number of unbranched alkanes of at least 4 members (excludes halogenated alkanes) is 1. The van der Waals surface area contributed by atoms with E-state index in [1.54, 1.807) is 6.92 Å². The van der Waals surface area contributed by atoms with Crippen LogP contribution in [0.15, 0.2) is 0 Å². The average Bonchev–Trinajstić information content (AvgIpc) is 3.06. The van der Waals surface area contributed by atoms with Crippen molar-refractivity contribution in [3.63, 3.8) is 0 Å². The summed E-state index contributed by atoms with van der Waals surface area (Å²) in [4.78, 5) is 23.7. The molecule has 18 nitrogen and oxygen atoms in total. The molecule has 3 rings (SSSR count). The van der Waals surface area contributed by atoms with Crippen LogP contribution < -0.4 is 0 Å². The fraction of sp³-hybridized carbons (Fsp3) is 0.931. The molecule has 0 spiro atoms. The van der Waals surface area contributed by atoms with Gasteiger partial charge in [0, 0.05) is 25.7 Å². The van der Waals surface area contributed by atoms with E-state index >= 15 is 0 Å². The van der Waals surface area contributed by atoms with Crippen molar-refractivity contribution >= 4 is 11.6 Å². The van der Waals surface area contributed by atoms with Crippen molar-refractivity contribution in [2.75, 3.05) is 26.4 Å². The Hall–Kier alpha value is -1.30. The van der Waals surface area contributed by atoms with Crippen molar-refractivity contribution in [1.82, 2.24) is 0 Å².